The lowest BCUT2D eigenvalue weighted by atomic mass is 10.2. The van der Waals surface area contributed by atoms with E-state index >= 15 is 0 Å². The third-order valence-corrected chi connectivity index (χ3v) is 4.33. The number of nitrogens with zero attached hydrogens (tertiary/aromatic N) is 5. The Bertz CT molecular complexity index is 889. The maximum absolute atomic E-state index is 12.9. The molecule has 1 N–H and O–H groups in total. The van der Waals surface area contributed by atoms with Gasteiger partial charge >= 0.3 is 5.97 Å². The standard InChI is InChI=1S/C16H17N5O5/c1-9-14(15(22)19(11-6-7-11)10(2)16(23)24)17-18-20(9)12-4-3-5-13(8-12)21(25)26/h3-5,8,10-11H,6-7H2,1-2H3,(H,23,24). The minimum absolute atomic E-state index is 0.0384. The van der Waals surface area contributed by atoms with Crippen LogP contribution in [0.25, 0.3) is 5.69 Å². The van der Waals surface area contributed by atoms with Crippen LogP contribution in [0.15, 0.2) is 24.3 Å². The third-order valence-electron chi connectivity index (χ3n) is 4.33. The van der Waals surface area contributed by atoms with Crippen LogP contribution < -0.4 is 0 Å². The number of hydrogen-bond acceptors (Lipinski definition) is 6. The van der Waals surface area contributed by atoms with E-state index in [0.29, 0.717) is 11.4 Å². The highest BCUT2D eigenvalue weighted by Crippen LogP contribution is 2.30. The number of carboxylic acids is 1. The summed E-state index contributed by atoms with van der Waals surface area (Å²) in [7, 11) is 0. The lowest BCUT2D eigenvalue weighted by Crippen LogP contribution is -2.45. The molecule has 1 aromatic carbocycles. The zero-order valence-corrected chi connectivity index (χ0v) is 14.2. The van der Waals surface area contributed by atoms with Gasteiger partial charge in [0.05, 0.1) is 16.3 Å². The molecule has 1 fully saturated rings. The predicted octanol–water partition coefficient (Wildman–Crippen LogP) is 1.56. The fourth-order valence-corrected chi connectivity index (χ4v) is 2.76. The van der Waals surface area contributed by atoms with Crippen LogP contribution in [0.3, 0.4) is 0 Å². The maximum Gasteiger partial charge on any atom is 0.326 e. The zero-order valence-electron chi connectivity index (χ0n) is 14.2. The van der Waals surface area contributed by atoms with Gasteiger partial charge in [0.2, 0.25) is 0 Å². The van der Waals surface area contributed by atoms with E-state index in [1.165, 1.54) is 34.7 Å². The number of non-ortho nitro benzene ring substituents is 1. The van der Waals surface area contributed by atoms with Crippen LogP contribution in [0.4, 0.5) is 5.69 Å². The monoisotopic (exact) mass is 359 g/mol. The fraction of sp³-hybridized carbons (Fsp3) is 0.375. The van der Waals surface area contributed by atoms with Gasteiger partial charge in [0, 0.05) is 18.2 Å². The molecule has 136 valence electrons. The molecule has 3 rings (SSSR count). The SMILES string of the molecule is Cc1c(C(=O)N(C2CC2)C(C)C(=O)O)nnn1-c1cccc([N+](=O)[O-])c1. The summed E-state index contributed by atoms with van der Waals surface area (Å²) < 4.78 is 1.33. The minimum atomic E-state index is -1.09. The first-order valence-electron chi connectivity index (χ1n) is 8.04. The van der Waals surface area contributed by atoms with Crippen molar-refractivity contribution >= 4 is 17.6 Å². The van der Waals surface area contributed by atoms with E-state index in [0.717, 1.165) is 12.8 Å². The second-order valence-electron chi connectivity index (χ2n) is 6.17. The molecular weight excluding hydrogens is 342 g/mol. The van der Waals surface area contributed by atoms with E-state index in [4.69, 9.17) is 0 Å². The van der Waals surface area contributed by atoms with E-state index in [1.54, 1.807) is 13.0 Å². The van der Waals surface area contributed by atoms with Crippen molar-refractivity contribution in [3.8, 4) is 5.69 Å². The van der Waals surface area contributed by atoms with Gasteiger partial charge in [-0.15, -0.1) is 5.10 Å². The van der Waals surface area contributed by atoms with Crippen molar-refractivity contribution in [1.29, 1.82) is 0 Å². The number of benzene rings is 1. The summed E-state index contributed by atoms with van der Waals surface area (Å²) in [5, 5.41) is 28.0. The molecule has 0 spiro atoms. The summed E-state index contributed by atoms with van der Waals surface area (Å²) in [6.45, 7) is 3.07. The molecule has 0 saturated heterocycles. The van der Waals surface area contributed by atoms with Crippen LogP contribution in [0, 0.1) is 17.0 Å². The smallest absolute Gasteiger partial charge is 0.326 e. The molecule has 2 aromatic rings. The van der Waals surface area contributed by atoms with E-state index < -0.39 is 22.8 Å². The van der Waals surface area contributed by atoms with Crippen LogP contribution in [0.5, 0.6) is 0 Å². The van der Waals surface area contributed by atoms with Crippen LogP contribution in [-0.4, -0.2) is 53.9 Å². The molecule has 1 saturated carbocycles. The number of nitro groups is 1. The molecule has 1 heterocycles. The first-order valence-corrected chi connectivity index (χ1v) is 8.04. The second kappa shape index (κ2) is 6.54. The summed E-state index contributed by atoms with van der Waals surface area (Å²) in [4.78, 5) is 35.9. The summed E-state index contributed by atoms with van der Waals surface area (Å²) in [5.41, 5.74) is 0.715. The van der Waals surface area contributed by atoms with E-state index in [9.17, 15) is 24.8 Å². The Kier molecular flexibility index (Phi) is 4.41. The molecule has 1 unspecified atom stereocenters. The summed E-state index contributed by atoms with van der Waals surface area (Å²) in [5.74, 6) is -1.59. The summed E-state index contributed by atoms with van der Waals surface area (Å²) >= 11 is 0. The second-order valence-corrected chi connectivity index (χ2v) is 6.17. The Balaban J connectivity index is 1.95. The number of aromatic nitrogens is 3. The average Bonchev–Trinajstić information content (AvgIpc) is 3.36. The number of amides is 1. The number of carbonyl (C=O) groups excluding carboxylic acids is 1. The average molecular weight is 359 g/mol. The Hall–Kier alpha value is -3.30. The molecule has 0 bridgehead atoms. The Morgan fingerprint density at radius 2 is 2.12 bits per heavy atom. The molecule has 26 heavy (non-hydrogen) atoms. The number of carbonyl (C=O) groups is 2. The Morgan fingerprint density at radius 3 is 2.69 bits per heavy atom. The highest BCUT2D eigenvalue weighted by molar-refractivity contribution is 5.96. The number of hydrogen-bond donors (Lipinski definition) is 1. The summed E-state index contributed by atoms with van der Waals surface area (Å²) in [6, 6.07) is 4.72. The predicted molar refractivity (Wildman–Crippen MR) is 89.0 cm³/mol. The van der Waals surface area contributed by atoms with Crippen molar-refractivity contribution in [2.45, 2.75) is 38.8 Å². The lowest BCUT2D eigenvalue weighted by Gasteiger charge is -2.25. The fourth-order valence-electron chi connectivity index (χ4n) is 2.76. The van der Waals surface area contributed by atoms with Crippen molar-refractivity contribution < 1.29 is 19.6 Å². The van der Waals surface area contributed by atoms with Crippen LogP contribution in [0.2, 0.25) is 0 Å². The Morgan fingerprint density at radius 1 is 1.42 bits per heavy atom. The molecule has 0 radical (unpaired) electrons. The zero-order chi connectivity index (χ0) is 19.0. The van der Waals surface area contributed by atoms with Gasteiger partial charge in [-0.25, -0.2) is 9.48 Å². The number of aliphatic carboxylic acids is 1. The molecule has 1 aliphatic carbocycles. The molecular formula is C16H17N5O5. The molecule has 1 amide bonds. The van der Waals surface area contributed by atoms with Crippen molar-refractivity contribution in [1.82, 2.24) is 19.9 Å². The molecule has 1 aliphatic rings. The Labute approximate surface area is 148 Å². The van der Waals surface area contributed by atoms with Gasteiger partial charge < -0.3 is 10.0 Å². The van der Waals surface area contributed by atoms with Crippen molar-refractivity contribution in [3.63, 3.8) is 0 Å². The highest BCUT2D eigenvalue weighted by atomic mass is 16.6. The molecule has 1 aromatic heterocycles. The van der Waals surface area contributed by atoms with Crippen molar-refractivity contribution in [2.75, 3.05) is 0 Å². The third kappa shape index (κ3) is 3.13. The highest BCUT2D eigenvalue weighted by Gasteiger charge is 2.40. The van der Waals surface area contributed by atoms with Crippen molar-refractivity contribution in [2.24, 2.45) is 0 Å². The van der Waals surface area contributed by atoms with Crippen LogP contribution in [-0.2, 0) is 4.79 Å². The van der Waals surface area contributed by atoms with Crippen molar-refractivity contribution in [3.05, 3.63) is 45.8 Å². The van der Waals surface area contributed by atoms with Gasteiger partial charge in [-0.2, -0.15) is 0 Å². The van der Waals surface area contributed by atoms with E-state index in [-0.39, 0.29) is 17.4 Å². The molecule has 0 aliphatic heterocycles. The minimum Gasteiger partial charge on any atom is -0.480 e. The number of carboxylic acid groups (broad SMARTS) is 1. The quantitative estimate of drug-likeness (QED) is 0.611. The van der Waals surface area contributed by atoms with Gasteiger partial charge in [-0.05, 0) is 32.8 Å². The lowest BCUT2D eigenvalue weighted by molar-refractivity contribution is -0.384. The van der Waals surface area contributed by atoms with Crippen LogP contribution >= 0.6 is 0 Å². The van der Waals surface area contributed by atoms with E-state index in [2.05, 4.69) is 10.3 Å². The van der Waals surface area contributed by atoms with Gasteiger partial charge in [0.15, 0.2) is 5.69 Å². The number of nitro benzene ring substituents is 1. The molecule has 10 nitrogen and oxygen atoms in total. The first kappa shape index (κ1) is 17.5. The molecule has 10 heteroatoms. The maximum atomic E-state index is 12.9. The topological polar surface area (TPSA) is 131 Å². The largest absolute Gasteiger partial charge is 0.480 e. The van der Waals surface area contributed by atoms with Gasteiger partial charge in [-0.3, -0.25) is 14.9 Å². The number of rotatable bonds is 6. The molecule has 1 atom stereocenters. The normalized spacial score (nSPS) is 14.7. The van der Waals surface area contributed by atoms with Gasteiger partial charge in [0.1, 0.15) is 6.04 Å². The van der Waals surface area contributed by atoms with Crippen LogP contribution in [0.1, 0.15) is 35.9 Å². The van der Waals surface area contributed by atoms with Gasteiger partial charge in [-0.1, -0.05) is 11.3 Å². The summed E-state index contributed by atoms with van der Waals surface area (Å²) in [6.07, 6.45) is 1.50. The van der Waals surface area contributed by atoms with E-state index in [1.807, 2.05) is 0 Å². The first-order chi connectivity index (χ1) is 12.3. The van der Waals surface area contributed by atoms with Gasteiger partial charge in [0.25, 0.3) is 11.6 Å².